The SMILES string of the molecule is C.CC[C@@H]1CCCC[C@H]1OC. The molecule has 11 heavy (non-hydrogen) atoms. The van der Waals surface area contributed by atoms with Crippen molar-refractivity contribution in [3.63, 3.8) is 0 Å². The Balaban J connectivity index is 0.000001000. The Labute approximate surface area is 71.1 Å². The van der Waals surface area contributed by atoms with E-state index in [2.05, 4.69) is 6.92 Å². The molecule has 0 aromatic rings. The van der Waals surface area contributed by atoms with Gasteiger partial charge in [-0.3, -0.25) is 0 Å². The fraction of sp³-hybridized carbons (Fsp3) is 1.00. The van der Waals surface area contributed by atoms with Crippen molar-refractivity contribution in [1.82, 2.24) is 0 Å². The molecule has 0 heterocycles. The van der Waals surface area contributed by atoms with Crippen LogP contribution in [0.5, 0.6) is 0 Å². The minimum atomic E-state index is 0. The predicted molar refractivity (Wildman–Crippen MR) is 49.8 cm³/mol. The lowest BCUT2D eigenvalue weighted by molar-refractivity contribution is 0.0223. The second-order valence-electron chi connectivity index (χ2n) is 3.23. The topological polar surface area (TPSA) is 9.23 Å². The van der Waals surface area contributed by atoms with E-state index >= 15 is 0 Å². The summed E-state index contributed by atoms with van der Waals surface area (Å²) < 4.78 is 5.39. The number of rotatable bonds is 2. The summed E-state index contributed by atoms with van der Waals surface area (Å²) in [5.41, 5.74) is 0. The maximum absolute atomic E-state index is 5.39. The molecule has 0 bridgehead atoms. The van der Waals surface area contributed by atoms with Gasteiger partial charge in [0.25, 0.3) is 0 Å². The highest BCUT2D eigenvalue weighted by Crippen LogP contribution is 2.28. The van der Waals surface area contributed by atoms with Crippen LogP contribution in [0.1, 0.15) is 46.5 Å². The first-order valence-electron chi connectivity index (χ1n) is 4.41. The maximum atomic E-state index is 5.39. The van der Waals surface area contributed by atoms with Crippen molar-refractivity contribution >= 4 is 0 Å². The average Bonchev–Trinajstić information content (AvgIpc) is 2.04. The van der Waals surface area contributed by atoms with Crippen LogP contribution in [0, 0.1) is 5.92 Å². The first kappa shape index (κ1) is 11.0. The molecule has 2 atom stereocenters. The van der Waals surface area contributed by atoms with E-state index in [9.17, 15) is 0 Å². The van der Waals surface area contributed by atoms with Gasteiger partial charge in [-0.1, -0.05) is 33.6 Å². The van der Waals surface area contributed by atoms with Gasteiger partial charge in [-0.2, -0.15) is 0 Å². The van der Waals surface area contributed by atoms with Crippen LogP contribution < -0.4 is 0 Å². The normalized spacial score (nSPS) is 31.1. The van der Waals surface area contributed by atoms with Gasteiger partial charge in [-0.15, -0.1) is 0 Å². The third-order valence-electron chi connectivity index (χ3n) is 2.67. The Morgan fingerprint density at radius 2 is 1.91 bits per heavy atom. The molecular formula is C10H22O. The highest BCUT2D eigenvalue weighted by atomic mass is 16.5. The fourth-order valence-electron chi connectivity index (χ4n) is 1.95. The molecule has 1 aliphatic rings. The molecule has 0 N–H and O–H groups in total. The Hall–Kier alpha value is -0.0400. The molecule has 0 saturated heterocycles. The van der Waals surface area contributed by atoms with Gasteiger partial charge >= 0.3 is 0 Å². The van der Waals surface area contributed by atoms with Crippen LogP contribution in [0.4, 0.5) is 0 Å². The minimum Gasteiger partial charge on any atom is -0.381 e. The Bertz CT molecular complexity index is 78.9. The lowest BCUT2D eigenvalue weighted by Gasteiger charge is -2.29. The molecule has 1 saturated carbocycles. The zero-order chi connectivity index (χ0) is 7.40. The van der Waals surface area contributed by atoms with E-state index in [1.165, 1.54) is 32.1 Å². The first-order valence-corrected chi connectivity index (χ1v) is 4.41. The summed E-state index contributed by atoms with van der Waals surface area (Å²) in [5, 5.41) is 0. The van der Waals surface area contributed by atoms with Crippen LogP contribution in [-0.4, -0.2) is 13.2 Å². The quantitative estimate of drug-likeness (QED) is 0.599. The van der Waals surface area contributed by atoms with Crippen LogP contribution in [0.25, 0.3) is 0 Å². The highest BCUT2D eigenvalue weighted by Gasteiger charge is 2.22. The number of methoxy groups -OCH3 is 1. The van der Waals surface area contributed by atoms with Gasteiger partial charge in [0.2, 0.25) is 0 Å². The summed E-state index contributed by atoms with van der Waals surface area (Å²) in [5.74, 6) is 0.846. The molecule has 1 heteroatoms. The van der Waals surface area contributed by atoms with Crippen molar-refractivity contribution in [2.75, 3.05) is 7.11 Å². The van der Waals surface area contributed by atoms with Crippen molar-refractivity contribution in [3.8, 4) is 0 Å². The summed E-state index contributed by atoms with van der Waals surface area (Å²) in [4.78, 5) is 0. The van der Waals surface area contributed by atoms with Gasteiger partial charge in [0.15, 0.2) is 0 Å². The Morgan fingerprint density at radius 1 is 1.27 bits per heavy atom. The molecule has 0 radical (unpaired) electrons. The minimum absolute atomic E-state index is 0. The van der Waals surface area contributed by atoms with Crippen molar-refractivity contribution in [3.05, 3.63) is 0 Å². The van der Waals surface area contributed by atoms with Gasteiger partial charge in [-0.05, 0) is 18.8 Å². The maximum Gasteiger partial charge on any atom is 0.0599 e. The van der Waals surface area contributed by atoms with Crippen molar-refractivity contribution in [2.24, 2.45) is 5.92 Å². The van der Waals surface area contributed by atoms with Gasteiger partial charge in [0, 0.05) is 7.11 Å². The lowest BCUT2D eigenvalue weighted by atomic mass is 9.85. The second kappa shape index (κ2) is 5.59. The summed E-state index contributed by atoms with van der Waals surface area (Å²) >= 11 is 0. The molecule has 0 aliphatic heterocycles. The van der Waals surface area contributed by atoms with Gasteiger partial charge in [0.05, 0.1) is 6.10 Å². The van der Waals surface area contributed by atoms with E-state index in [0.29, 0.717) is 6.10 Å². The van der Waals surface area contributed by atoms with Gasteiger partial charge < -0.3 is 4.74 Å². The van der Waals surface area contributed by atoms with E-state index in [0.717, 1.165) is 5.92 Å². The average molecular weight is 158 g/mol. The molecule has 0 unspecified atom stereocenters. The van der Waals surface area contributed by atoms with E-state index < -0.39 is 0 Å². The van der Waals surface area contributed by atoms with Crippen LogP contribution >= 0.6 is 0 Å². The zero-order valence-electron chi connectivity index (χ0n) is 7.10. The smallest absolute Gasteiger partial charge is 0.0599 e. The van der Waals surface area contributed by atoms with E-state index in [4.69, 9.17) is 4.74 Å². The number of hydrogen-bond donors (Lipinski definition) is 0. The first-order chi connectivity index (χ1) is 4.88. The molecule has 0 amide bonds. The van der Waals surface area contributed by atoms with Crippen LogP contribution in [0.2, 0.25) is 0 Å². The molecule has 1 aliphatic carbocycles. The zero-order valence-corrected chi connectivity index (χ0v) is 7.10. The fourth-order valence-corrected chi connectivity index (χ4v) is 1.95. The highest BCUT2D eigenvalue weighted by molar-refractivity contribution is 4.74. The van der Waals surface area contributed by atoms with E-state index in [1.54, 1.807) is 0 Å². The third-order valence-corrected chi connectivity index (χ3v) is 2.67. The molecule has 1 fully saturated rings. The summed E-state index contributed by atoms with van der Waals surface area (Å²) in [7, 11) is 1.85. The number of hydrogen-bond acceptors (Lipinski definition) is 1. The molecule has 1 nitrogen and oxygen atoms in total. The van der Waals surface area contributed by atoms with Gasteiger partial charge in [0.1, 0.15) is 0 Å². The monoisotopic (exact) mass is 158 g/mol. The third kappa shape index (κ3) is 2.82. The molecule has 1 rings (SSSR count). The van der Waals surface area contributed by atoms with Crippen molar-refractivity contribution < 1.29 is 4.74 Å². The van der Waals surface area contributed by atoms with Crippen LogP contribution in [0.15, 0.2) is 0 Å². The lowest BCUT2D eigenvalue weighted by Crippen LogP contribution is -2.25. The number of ether oxygens (including phenoxy) is 1. The molecule has 68 valence electrons. The molecular weight excluding hydrogens is 136 g/mol. The van der Waals surface area contributed by atoms with Gasteiger partial charge in [-0.25, -0.2) is 0 Å². The summed E-state index contributed by atoms with van der Waals surface area (Å²) in [6.07, 6.45) is 7.31. The predicted octanol–water partition coefficient (Wildman–Crippen LogP) is 3.24. The molecule has 0 aromatic heterocycles. The Kier molecular flexibility index (Phi) is 5.57. The van der Waals surface area contributed by atoms with Crippen LogP contribution in [-0.2, 0) is 4.74 Å². The summed E-state index contributed by atoms with van der Waals surface area (Å²) in [6, 6.07) is 0. The largest absolute Gasteiger partial charge is 0.381 e. The summed E-state index contributed by atoms with van der Waals surface area (Å²) in [6.45, 7) is 2.27. The van der Waals surface area contributed by atoms with Crippen molar-refractivity contribution in [1.29, 1.82) is 0 Å². The van der Waals surface area contributed by atoms with E-state index in [1.807, 2.05) is 7.11 Å². The molecule has 0 spiro atoms. The van der Waals surface area contributed by atoms with Crippen LogP contribution in [0.3, 0.4) is 0 Å². The van der Waals surface area contributed by atoms with Crippen molar-refractivity contribution in [2.45, 2.75) is 52.6 Å². The van der Waals surface area contributed by atoms with E-state index in [-0.39, 0.29) is 7.43 Å². The molecule has 0 aromatic carbocycles. The standard InChI is InChI=1S/C9H18O.CH4/c1-3-8-6-4-5-7-9(8)10-2;/h8-9H,3-7H2,1-2H3;1H4/t8-,9-;/m1./s1. The Morgan fingerprint density at radius 3 is 2.36 bits per heavy atom. The second-order valence-corrected chi connectivity index (χ2v) is 3.23.